The molecule has 4 heteroatoms. The maximum atomic E-state index is 10.2. The largest absolute Gasteiger partial charge is 0.508 e. The molecule has 0 bridgehead atoms. The number of phenolic OH excluding ortho intramolecular Hbond substituents is 1. The molecule has 19 heavy (non-hydrogen) atoms. The second kappa shape index (κ2) is 8.15. The van der Waals surface area contributed by atoms with E-state index in [2.05, 4.69) is 12.2 Å². The van der Waals surface area contributed by atoms with Gasteiger partial charge in [-0.05, 0) is 38.0 Å². The minimum Gasteiger partial charge on any atom is -0.508 e. The number of hydrogen-bond donors (Lipinski definition) is 3. The lowest BCUT2D eigenvalue weighted by Crippen LogP contribution is -2.41. The van der Waals surface area contributed by atoms with Crippen LogP contribution in [0.15, 0.2) is 24.3 Å². The standard InChI is InChI=1S/C15H25NO3/c1-4-9-19-10-11(2)16-12(3)15(18)13-5-7-14(17)8-6-13/h5-8,11-12,15-18H,4,9-10H2,1-3H3. The van der Waals surface area contributed by atoms with Crippen molar-refractivity contribution in [2.75, 3.05) is 13.2 Å². The molecular formula is C15H25NO3. The van der Waals surface area contributed by atoms with Crippen LogP contribution in [0.1, 0.15) is 38.9 Å². The monoisotopic (exact) mass is 267 g/mol. The van der Waals surface area contributed by atoms with Gasteiger partial charge in [-0.1, -0.05) is 19.1 Å². The van der Waals surface area contributed by atoms with Gasteiger partial charge in [0.15, 0.2) is 0 Å². The zero-order valence-corrected chi connectivity index (χ0v) is 12.0. The Hall–Kier alpha value is -1.10. The highest BCUT2D eigenvalue weighted by Crippen LogP contribution is 2.19. The molecule has 1 aromatic carbocycles. The highest BCUT2D eigenvalue weighted by Gasteiger charge is 2.18. The number of aromatic hydroxyl groups is 1. The summed E-state index contributed by atoms with van der Waals surface area (Å²) in [5.41, 5.74) is 0.791. The van der Waals surface area contributed by atoms with Crippen molar-refractivity contribution >= 4 is 0 Å². The molecule has 0 fully saturated rings. The van der Waals surface area contributed by atoms with Gasteiger partial charge >= 0.3 is 0 Å². The van der Waals surface area contributed by atoms with Crippen LogP contribution in [0.25, 0.3) is 0 Å². The summed E-state index contributed by atoms with van der Waals surface area (Å²) in [6.45, 7) is 7.46. The Morgan fingerprint density at radius 1 is 1.21 bits per heavy atom. The van der Waals surface area contributed by atoms with Crippen molar-refractivity contribution in [3.63, 3.8) is 0 Å². The van der Waals surface area contributed by atoms with E-state index in [1.165, 1.54) is 0 Å². The van der Waals surface area contributed by atoms with E-state index < -0.39 is 6.10 Å². The van der Waals surface area contributed by atoms with Gasteiger partial charge in [-0.3, -0.25) is 0 Å². The quantitative estimate of drug-likeness (QED) is 0.632. The second-order valence-electron chi connectivity index (χ2n) is 4.97. The molecule has 108 valence electrons. The summed E-state index contributed by atoms with van der Waals surface area (Å²) in [6.07, 6.45) is 0.410. The van der Waals surface area contributed by atoms with E-state index in [1.54, 1.807) is 24.3 Å². The van der Waals surface area contributed by atoms with Gasteiger partial charge in [0.05, 0.1) is 12.7 Å². The minimum atomic E-state index is -0.603. The summed E-state index contributed by atoms with van der Waals surface area (Å²) in [5.74, 6) is 0.206. The van der Waals surface area contributed by atoms with E-state index >= 15 is 0 Å². The fourth-order valence-corrected chi connectivity index (χ4v) is 1.95. The SMILES string of the molecule is CCCOCC(C)NC(C)C(O)c1ccc(O)cc1. The number of aliphatic hydroxyl groups is 1. The van der Waals surface area contributed by atoms with Gasteiger partial charge in [0.1, 0.15) is 5.75 Å². The van der Waals surface area contributed by atoms with Crippen LogP contribution in [0.5, 0.6) is 5.75 Å². The van der Waals surface area contributed by atoms with Gasteiger partial charge in [-0.2, -0.15) is 0 Å². The molecule has 1 rings (SSSR count). The van der Waals surface area contributed by atoms with Crippen LogP contribution in [-0.4, -0.2) is 35.5 Å². The molecule has 0 aliphatic carbocycles. The third-order valence-electron chi connectivity index (χ3n) is 2.97. The number of benzene rings is 1. The summed E-state index contributed by atoms with van der Waals surface area (Å²) in [4.78, 5) is 0. The van der Waals surface area contributed by atoms with E-state index in [-0.39, 0.29) is 17.8 Å². The first-order valence-electron chi connectivity index (χ1n) is 6.85. The molecule has 0 aromatic heterocycles. The first-order chi connectivity index (χ1) is 9.04. The Labute approximate surface area is 115 Å². The van der Waals surface area contributed by atoms with Gasteiger partial charge < -0.3 is 20.3 Å². The topological polar surface area (TPSA) is 61.7 Å². The Bertz CT molecular complexity index is 353. The molecule has 3 N–H and O–H groups in total. The smallest absolute Gasteiger partial charge is 0.115 e. The minimum absolute atomic E-state index is 0.0789. The van der Waals surface area contributed by atoms with Crippen molar-refractivity contribution in [2.24, 2.45) is 0 Å². The summed E-state index contributed by atoms with van der Waals surface area (Å²) in [5, 5.41) is 22.8. The molecule has 0 heterocycles. The van der Waals surface area contributed by atoms with Gasteiger partial charge in [-0.25, -0.2) is 0 Å². The number of nitrogens with one attached hydrogen (secondary N) is 1. The Kier molecular flexibility index (Phi) is 6.84. The van der Waals surface area contributed by atoms with Gasteiger partial charge in [0, 0.05) is 18.7 Å². The highest BCUT2D eigenvalue weighted by molar-refractivity contribution is 5.27. The number of rotatable bonds is 8. The third-order valence-corrected chi connectivity index (χ3v) is 2.97. The lowest BCUT2D eigenvalue weighted by Gasteiger charge is -2.24. The molecule has 1 aromatic rings. The van der Waals surface area contributed by atoms with Gasteiger partial charge in [-0.15, -0.1) is 0 Å². The second-order valence-corrected chi connectivity index (χ2v) is 4.97. The molecule has 3 unspecified atom stereocenters. The number of phenols is 1. The number of aliphatic hydroxyl groups excluding tert-OH is 1. The highest BCUT2D eigenvalue weighted by atomic mass is 16.5. The first-order valence-corrected chi connectivity index (χ1v) is 6.85. The van der Waals surface area contributed by atoms with Crippen molar-refractivity contribution in [1.29, 1.82) is 0 Å². The summed E-state index contributed by atoms with van der Waals surface area (Å²) in [7, 11) is 0. The summed E-state index contributed by atoms with van der Waals surface area (Å²) < 4.78 is 5.47. The fraction of sp³-hybridized carbons (Fsp3) is 0.600. The Morgan fingerprint density at radius 3 is 2.42 bits per heavy atom. The first kappa shape index (κ1) is 16.0. The molecule has 0 aliphatic heterocycles. The van der Waals surface area contributed by atoms with Crippen molar-refractivity contribution in [2.45, 2.75) is 45.4 Å². The van der Waals surface area contributed by atoms with Crippen molar-refractivity contribution in [3.8, 4) is 5.75 Å². The molecule has 0 spiro atoms. The van der Waals surface area contributed by atoms with Crippen molar-refractivity contribution in [3.05, 3.63) is 29.8 Å². The average Bonchev–Trinajstić information content (AvgIpc) is 2.39. The van der Waals surface area contributed by atoms with Crippen LogP contribution >= 0.6 is 0 Å². The van der Waals surface area contributed by atoms with Crippen molar-refractivity contribution in [1.82, 2.24) is 5.32 Å². The molecule has 0 saturated carbocycles. The van der Waals surface area contributed by atoms with E-state index in [9.17, 15) is 10.2 Å². The van der Waals surface area contributed by atoms with E-state index in [1.807, 2.05) is 13.8 Å². The predicted molar refractivity (Wildman–Crippen MR) is 76.2 cm³/mol. The van der Waals surface area contributed by atoms with E-state index in [0.29, 0.717) is 6.61 Å². The zero-order chi connectivity index (χ0) is 14.3. The van der Waals surface area contributed by atoms with Gasteiger partial charge in [0.2, 0.25) is 0 Å². The molecule has 3 atom stereocenters. The normalized spacial score (nSPS) is 16.0. The van der Waals surface area contributed by atoms with Crippen LogP contribution in [0.4, 0.5) is 0 Å². The van der Waals surface area contributed by atoms with Crippen LogP contribution in [0, 0.1) is 0 Å². The third kappa shape index (κ3) is 5.59. The van der Waals surface area contributed by atoms with Crippen LogP contribution in [0.3, 0.4) is 0 Å². The molecule has 4 nitrogen and oxygen atoms in total. The number of ether oxygens (including phenoxy) is 1. The number of hydrogen-bond acceptors (Lipinski definition) is 4. The van der Waals surface area contributed by atoms with E-state index in [0.717, 1.165) is 18.6 Å². The fourth-order valence-electron chi connectivity index (χ4n) is 1.95. The van der Waals surface area contributed by atoms with Crippen LogP contribution in [-0.2, 0) is 4.74 Å². The summed E-state index contributed by atoms with van der Waals surface area (Å²) >= 11 is 0. The predicted octanol–water partition coefficient (Wildman–Crippen LogP) is 2.22. The maximum absolute atomic E-state index is 10.2. The lowest BCUT2D eigenvalue weighted by atomic mass is 10.0. The molecule has 0 radical (unpaired) electrons. The molecular weight excluding hydrogens is 242 g/mol. The van der Waals surface area contributed by atoms with Crippen LogP contribution < -0.4 is 5.32 Å². The Balaban J connectivity index is 2.43. The zero-order valence-electron chi connectivity index (χ0n) is 12.0. The Morgan fingerprint density at radius 2 is 1.84 bits per heavy atom. The molecule has 0 aliphatic rings. The summed E-state index contributed by atoms with van der Waals surface area (Å²) in [6, 6.07) is 6.74. The maximum Gasteiger partial charge on any atom is 0.115 e. The average molecular weight is 267 g/mol. The van der Waals surface area contributed by atoms with Crippen LogP contribution in [0.2, 0.25) is 0 Å². The van der Waals surface area contributed by atoms with E-state index in [4.69, 9.17) is 4.74 Å². The molecule has 0 saturated heterocycles. The van der Waals surface area contributed by atoms with Gasteiger partial charge in [0.25, 0.3) is 0 Å². The van der Waals surface area contributed by atoms with Crippen molar-refractivity contribution < 1.29 is 14.9 Å². The lowest BCUT2D eigenvalue weighted by molar-refractivity contribution is 0.0907. The molecule has 0 amide bonds.